The van der Waals surface area contributed by atoms with Crippen molar-refractivity contribution in [1.82, 2.24) is 15.0 Å². The summed E-state index contributed by atoms with van der Waals surface area (Å²) in [6, 6.07) is 13.0. The van der Waals surface area contributed by atoms with Crippen molar-refractivity contribution in [3.05, 3.63) is 92.1 Å². The van der Waals surface area contributed by atoms with Gasteiger partial charge in [0.25, 0.3) is 5.69 Å². The van der Waals surface area contributed by atoms with Gasteiger partial charge >= 0.3 is 5.63 Å². The zero-order valence-electron chi connectivity index (χ0n) is 15.4. The summed E-state index contributed by atoms with van der Waals surface area (Å²) in [4.78, 5) is 21.8. The number of nitrogens with zero attached hydrogens (tertiary/aromatic N) is 4. The van der Waals surface area contributed by atoms with Crippen molar-refractivity contribution in [2.45, 2.75) is 20.1 Å². The van der Waals surface area contributed by atoms with Gasteiger partial charge in [0.1, 0.15) is 23.6 Å². The van der Waals surface area contributed by atoms with Crippen LogP contribution in [0.2, 0.25) is 0 Å². The molecule has 0 saturated heterocycles. The van der Waals surface area contributed by atoms with Crippen LogP contribution in [0.25, 0.3) is 11.0 Å². The van der Waals surface area contributed by atoms with Crippen molar-refractivity contribution in [1.29, 1.82) is 0 Å². The van der Waals surface area contributed by atoms with Crippen LogP contribution in [0.5, 0.6) is 5.75 Å². The summed E-state index contributed by atoms with van der Waals surface area (Å²) in [5, 5.41) is 19.7. The number of hydrogen-bond acceptors (Lipinski definition) is 7. The predicted octanol–water partition coefficient (Wildman–Crippen LogP) is 3.23. The fourth-order valence-electron chi connectivity index (χ4n) is 2.94. The fourth-order valence-corrected chi connectivity index (χ4v) is 2.94. The average molecular weight is 392 g/mol. The van der Waals surface area contributed by atoms with E-state index in [1.165, 1.54) is 18.2 Å². The minimum atomic E-state index is -0.437. The highest BCUT2D eigenvalue weighted by molar-refractivity contribution is 5.81. The Morgan fingerprint density at radius 1 is 1.17 bits per heavy atom. The molecule has 0 bridgehead atoms. The quantitative estimate of drug-likeness (QED) is 0.281. The average Bonchev–Trinajstić information content (AvgIpc) is 3.13. The van der Waals surface area contributed by atoms with Gasteiger partial charge in [-0.3, -0.25) is 10.1 Å². The zero-order chi connectivity index (χ0) is 20.4. The van der Waals surface area contributed by atoms with Gasteiger partial charge in [-0.25, -0.2) is 9.48 Å². The molecule has 2 heterocycles. The molecular weight excluding hydrogens is 376 g/mol. The molecule has 2 aromatic carbocycles. The van der Waals surface area contributed by atoms with Gasteiger partial charge in [-0.15, -0.1) is 5.10 Å². The van der Waals surface area contributed by atoms with Crippen LogP contribution >= 0.6 is 0 Å². The molecule has 9 nitrogen and oxygen atoms in total. The molecule has 146 valence electrons. The van der Waals surface area contributed by atoms with E-state index in [0.29, 0.717) is 23.6 Å². The van der Waals surface area contributed by atoms with Crippen molar-refractivity contribution >= 4 is 16.7 Å². The van der Waals surface area contributed by atoms with Crippen LogP contribution in [-0.2, 0) is 13.2 Å². The highest BCUT2D eigenvalue weighted by Gasteiger charge is 2.08. The normalized spacial score (nSPS) is 10.9. The summed E-state index contributed by atoms with van der Waals surface area (Å²) in [5.74, 6) is 0.552. The van der Waals surface area contributed by atoms with Crippen LogP contribution in [0.15, 0.2) is 63.9 Å². The third-order valence-electron chi connectivity index (χ3n) is 4.39. The van der Waals surface area contributed by atoms with Gasteiger partial charge in [0.15, 0.2) is 0 Å². The number of non-ortho nitro benzene ring substituents is 1. The predicted molar refractivity (Wildman–Crippen MR) is 104 cm³/mol. The number of ether oxygens (including phenoxy) is 1. The van der Waals surface area contributed by atoms with Crippen molar-refractivity contribution < 1.29 is 14.1 Å². The van der Waals surface area contributed by atoms with Crippen molar-refractivity contribution in [2.75, 3.05) is 0 Å². The van der Waals surface area contributed by atoms with E-state index in [1.54, 1.807) is 35.1 Å². The molecule has 0 fully saturated rings. The summed E-state index contributed by atoms with van der Waals surface area (Å²) in [7, 11) is 0. The Bertz CT molecular complexity index is 1240. The number of nitro groups is 1. The first-order valence-corrected chi connectivity index (χ1v) is 8.77. The minimum Gasteiger partial charge on any atom is -0.487 e. The number of aromatic nitrogens is 3. The lowest BCUT2D eigenvalue weighted by atomic mass is 10.1. The Balaban J connectivity index is 1.42. The van der Waals surface area contributed by atoms with Gasteiger partial charge in [-0.05, 0) is 30.2 Å². The molecule has 0 N–H and O–H groups in total. The molecule has 0 aliphatic carbocycles. The second-order valence-corrected chi connectivity index (χ2v) is 6.53. The summed E-state index contributed by atoms with van der Waals surface area (Å²) < 4.78 is 12.6. The molecule has 0 spiro atoms. The number of benzene rings is 2. The first-order valence-electron chi connectivity index (χ1n) is 8.77. The monoisotopic (exact) mass is 392 g/mol. The lowest BCUT2D eigenvalue weighted by Gasteiger charge is -2.06. The van der Waals surface area contributed by atoms with Gasteiger partial charge in [0.05, 0.1) is 17.7 Å². The topological polar surface area (TPSA) is 113 Å². The number of aryl methyl sites for hydroxylation is 1. The number of fused-ring (bicyclic) bond motifs is 1. The lowest BCUT2D eigenvalue weighted by molar-refractivity contribution is -0.384. The molecule has 2 aromatic heterocycles. The molecule has 0 amide bonds. The maximum absolute atomic E-state index is 11.5. The van der Waals surface area contributed by atoms with E-state index in [9.17, 15) is 14.9 Å². The summed E-state index contributed by atoms with van der Waals surface area (Å²) >= 11 is 0. The molecule has 4 rings (SSSR count). The number of rotatable bonds is 6. The van der Waals surface area contributed by atoms with Crippen molar-refractivity contribution in [3.8, 4) is 5.75 Å². The van der Waals surface area contributed by atoms with Crippen molar-refractivity contribution in [2.24, 2.45) is 0 Å². The maximum Gasteiger partial charge on any atom is 0.336 e. The molecule has 29 heavy (non-hydrogen) atoms. The largest absolute Gasteiger partial charge is 0.487 e. The van der Waals surface area contributed by atoms with Crippen LogP contribution < -0.4 is 10.4 Å². The van der Waals surface area contributed by atoms with Crippen LogP contribution in [-0.4, -0.2) is 19.9 Å². The Kier molecular flexibility index (Phi) is 4.78. The zero-order valence-corrected chi connectivity index (χ0v) is 15.4. The highest BCUT2D eigenvalue weighted by atomic mass is 16.6. The first-order chi connectivity index (χ1) is 14.0. The van der Waals surface area contributed by atoms with Gasteiger partial charge in [-0.2, -0.15) is 0 Å². The van der Waals surface area contributed by atoms with Crippen LogP contribution in [0.1, 0.15) is 16.8 Å². The van der Waals surface area contributed by atoms with Gasteiger partial charge in [0, 0.05) is 29.7 Å². The summed E-state index contributed by atoms with van der Waals surface area (Å²) in [6.45, 7) is 2.48. The molecule has 0 aliphatic heterocycles. The van der Waals surface area contributed by atoms with E-state index in [2.05, 4.69) is 10.3 Å². The Labute approximate surface area is 164 Å². The third kappa shape index (κ3) is 4.13. The molecule has 0 aliphatic rings. The molecule has 9 heteroatoms. The van der Waals surface area contributed by atoms with E-state index < -0.39 is 10.5 Å². The molecule has 0 unspecified atom stereocenters. The maximum atomic E-state index is 11.5. The SMILES string of the molecule is Cc1cc(=O)oc2cc(OCc3cn(Cc4ccc([N+](=O)[O-])cc4)nn3)ccc12. The molecule has 0 radical (unpaired) electrons. The number of hydrogen-bond donors (Lipinski definition) is 0. The van der Waals surface area contributed by atoms with Crippen LogP contribution in [0.3, 0.4) is 0 Å². The van der Waals surface area contributed by atoms with E-state index in [0.717, 1.165) is 16.5 Å². The van der Waals surface area contributed by atoms with Gasteiger partial charge < -0.3 is 9.15 Å². The Morgan fingerprint density at radius 2 is 1.97 bits per heavy atom. The molecule has 0 saturated carbocycles. The summed E-state index contributed by atoms with van der Waals surface area (Å²) in [5.41, 5.74) is 2.45. The molecule has 0 atom stereocenters. The minimum absolute atomic E-state index is 0.0443. The standard InChI is InChI=1S/C20H16N4O5/c1-13-8-20(25)29-19-9-17(6-7-18(13)19)28-12-15-11-23(22-21-15)10-14-2-4-16(5-3-14)24(26)27/h2-9,11H,10,12H2,1H3. The van der Waals surface area contributed by atoms with E-state index in [1.807, 2.05) is 13.0 Å². The second-order valence-electron chi connectivity index (χ2n) is 6.53. The van der Waals surface area contributed by atoms with Gasteiger partial charge in [-0.1, -0.05) is 17.3 Å². The molecule has 4 aromatic rings. The summed E-state index contributed by atoms with van der Waals surface area (Å²) in [6.07, 6.45) is 1.74. The fraction of sp³-hybridized carbons (Fsp3) is 0.150. The second kappa shape index (κ2) is 7.55. The van der Waals surface area contributed by atoms with Crippen LogP contribution in [0.4, 0.5) is 5.69 Å². The Morgan fingerprint density at radius 3 is 2.72 bits per heavy atom. The molecular formula is C20H16N4O5. The van der Waals surface area contributed by atoms with Gasteiger partial charge in [0.2, 0.25) is 0 Å². The third-order valence-corrected chi connectivity index (χ3v) is 4.39. The van der Waals surface area contributed by atoms with Crippen LogP contribution in [0, 0.1) is 17.0 Å². The Hall–Kier alpha value is -4.01. The van der Waals surface area contributed by atoms with E-state index in [4.69, 9.17) is 9.15 Å². The smallest absolute Gasteiger partial charge is 0.336 e. The lowest BCUT2D eigenvalue weighted by Crippen LogP contribution is -2.00. The van der Waals surface area contributed by atoms with E-state index >= 15 is 0 Å². The highest BCUT2D eigenvalue weighted by Crippen LogP contribution is 2.22. The number of nitro benzene ring substituents is 1. The first kappa shape index (κ1) is 18.4. The van der Waals surface area contributed by atoms with E-state index in [-0.39, 0.29) is 12.3 Å². The van der Waals surface area contributed by atoms with Crippen molar-refractivity contribution in [3.63, 3.8) is 0 Å².